The summed E-state index contributed by atoms with van der Waals surface area (Å²) in [4.78, 5) is 14.9. The summed E-state index contributed by atoms with van der Waals surface area (Å²) in [5.41, 5.74) is 6.39. The maximum absolute atomic E-state index is 10.9. The van der Waals surface area contributed by atoms with Gasteiger partial charge in [0.25, 0.3) is 0 Å². The van der Waals surface area contributed by atoms with E-state index >= 15 is 0 Å². The highest BCUT2D eigenvalue weighted by Crippen LogP contribution is 2.29. The molecule has 5 heteroatoms. The van der Waals surface area contributed by atoms with Gasteiger partial charge >= 0.3 is 5.97 Å². The molecule has 0 atom stereocenters. The van der Waals surface area contributed by atoms with Crippen LogP contribution in [0.1, 0.15) is 10.4 Å². The molecule has 0 saturated heterocycles. The average Bonchev–Trinajstić information content (AvgIpc) is 2.28. The van der Waals surface area contributed by atoms with Crippen molar-refractivity contribution in [2.24, 2.45) is 0 Å². The molecule has 1 aromatic carbocycles. The first-order valence-electron chi connectivity index (χ1n) is 4.59. The fraction of sp³-hybridized carbons (Fsp3) is 0.0909. The number of nitrogens with zero attached hydrogens (tertiary/aromatic N) is 1. The van der Waals surface area contributed by atoms with Crippen LogP contribution in [-0.2, 0) is 0 Å². The molecule has 0 fully saturated rings. The molecule has 2 aromatic rings. The number of nitrogen functional groups attached to an aromatic ring is 1. The minimum absolute atomic E-state index is 0.0493. The summed E-state index contributed by atoms with van der Waals surface area (Å²) < 4.78 is 5.14. The SMILES string of the molecule is COc1ccnc2c(N)c(C(=O)O)ccc12. The Hall–Kier alpha value is -2.30. The molecule has 0 bridgehead atoms. The fourth-order valence-electron chi connectivity index (χ4n) is 1.58. The number of hydrogen-bond donors (Lipinski definition) is 2. The Bertz CT molecular complexity index is 566. The van der Waals surface area contributed by atoms with Gasteiger partial charge in [0.1, 0.15) is 5.75 Å². The van der Waals surface area contributed by atoms with E-state index in [1.54, 1.807) is 12.1 Å². The van der Waals surface area contributed by atoms with Crippen LogP contribution in [0.25, 0.3) is 10.9 Å². The molecule has 0 saturated carbocycles. The van der Waals surface area contributed by atoms with Gasteiger partial charge in [0.15, 0.2) is 0 Å². The van der Waals surface area contributed by atoms with Gasteiger partial charge in [-0.05, 0) is 18.2 Å². The van der Waals surface area contributed by atoms with Crippen LogP contribution >= 0.6 is 0 Å². The highest BCUT2D eigenvalue weighted by molar-refractivity contribution is 6.04. The van der Waals surface area contributed by atoms with E-state index in [1.165, 1.54) is 19.4 Å². The third-order valence-electron chi connectivity index (χ3n) is 2.36. The predicted octanol–water partition coefficient (Wildman–Crippen LogP) is 1.52. The highest BCUT2D eigenvalue weighted by Gasteiger charge is 2.13. The largest absolute Gasteiger partial charge is 0.496 e. The highest BCUT2D eigenvalue weighted by atomic mass is 16.5. The van der Waals surface area contributed by atoms with E-state index in [0.29, 0.717) is 16.7 Å². The number of fused-ring (bicyclic) bond motifs is 1. The number of carboxylic acids is 1. The number of rotatable bonds is 2. The number of anilines is 1. The molecule has 3 N–H and O–H groups in total. The molecule has 0 aliphatic heterocycles. The molecule has 0 unspecified atom stereocenters. The number of benzene rings is 1. The minimum Gasteiger partial charge on any atom is -0.496 e. The second kappa shape index (κ2) is 3.69. The number of methoxy groups -OCH3 is 1. The third-order valence-corrected chi connectivity index (χ3v) is 2.36. The number of hydrogen-bond acceptors (Lipinski definition) is 4. The standard InChI is InChI=1S/C11H10N2O3/c1-16-8-4-5-13-10-6(8)2-3-7(9(10)12)11(14)15/h2-5H,12H2,1H3,(H,14,15). The van der Waals surface area contributed by atoms with Gasteiger partial charge in [-0.1, -0.05) is 0 Å². The van der Waals surface area contributed by atoms with E-state index in [4.69, 9.17) is 15.6 Å². The zero-order chi connectivity index (χ0) is 11.7. The van der Waals surface area contributed by atoms with E-state index in [2.05, 4.69) is 4.98 Å². The molecule has 0 radical (unpaired) electrons. The first kappa shape index (κ1) is 10.2. The lowest BCUT2D eigenvalue weighted by molar-refractivity contribution is 0.0698. The predicted molar refractivity (Wildman–Crippen MR) is 59.7 cm³/mol. The van der Waals surface area contributed by atoms with E-state index < -0.39 is 5.97 Å². The van der Waals surface area contributed by atoms with Crippen LogP contribution < -0.4 is 10.5 Å². The van der Waals surface area contributed by atoms with E-state index in [0.717, 1.165) is 0 Å². The molecule has 82 valence electrons. The van der Waals surface area contributed by atoms with Gasteiger partial charge < -0.3 is 15.6 Å². The van der Waals surface area contributed by atoms with Gasteiger partial charge in [-0.15, -0.1) is 0 Å². The second-order valence-corrected chi connectivity index (χ2v) is 3.24. The van der Waals surface area contributed by atoms with Crippen LogP contribution in [0.15, 0.2) is 24.4 Å². The number of carboxylic acid groups (broad SMARTS) is 1. The molecule has 2 rings (SSSR count). The number of nitrogens with two attached hydrogens (primary N) is 1. The molecular formula is C11H10N2O3. The second-order valence-electron chi connectivity index (χ2n) is 3.24. The van der Waals surface area contributed by atoms with Crippen molar-refractivity contribution in [3.8, 4) is 5.75 Å². The molecule has 0 aliphatic rings. The summed E-state index contributed by atoms with van der Waals surface area (Å²) >= 11 is 0. The Morgan fingerprint density at radius 3 is 2.81 bits per heavy atom. The number of carbonyl (C=O) groups is 1. The topological polar surface area (TPSA) is 85.4 Å². The molecule has 0 amide bonds. The zero-order valence-corrected chi connectivity index (χ0v) is 8.60. The Morgan fingerprint density at radius 1 is 1.44 bits per heavy atom. The maximum Gasteiger partial charge on any atom is 0.337 e. The van der Waals surface area contributed by atoms with E-state index in [9.17, 15) is 4.79 Å². The van der Waals surface area contributed by atoms with Crippen LogP contribution in [0.3, 0.4) is 0 Å². The van der Waals surface area contributed by atoms with Crippen LogP contribution in [-0.4, -0.2) is 23.2 Å². The Kier molecular flexibility index (Phi) is 2.36. The summed E-state index contributed by atoms with van der Waals surface area (Å²) in [5, 5.41) is 9.61. The van der Waals surface area contributed by atoms with E-state index in [-0.39, 0.29) is 11.3 Å². The quantitative estimate of drug-likeness (QED) is 0.746. The summed E-state index contributed by atoms with van der Waals surface area (Å²) in [5.74, 6) is -0.447. The van der Waals surface area contributed by atoms with Crippen molar-refractivity contribution in [2.75, 3.05) is 12.8 Å². The van der Waals surface area contributed by atoms with E-state index in [1.807, 2.05) is 0 Å². The molecule has 5 nitrogen and oxygen atoms in total. The zero-order valence-electron chi connectivity index (χ0n) is 8.60. The number of pyridine rings is 1. The lowest BCUT2D eigenvalue weighted by Crippen LogP contribution is -2.03. The Balaban J connectivity index is 2.81. The smallest absolute Gasteiger partial charge is 0.337 e. The monoisotopic (exact) mass is 218 g/mol. The minimum atomic E-state index is -1.07. The third kappa shape index (κ3) is 1.42. The Morgan fingerprint density at radius 2 is 2.19 bits per heavy atom. The number of ether oxygens (including phenoxy) is 1. The molecule has 0 spiro atoms. The summed E-state index contributed by atoms with van der Waals surface area (Å²) in [6.07, 6.45) is 1.53. The first-order chi connectivity index (χ1) is 7.65. The van der Waals surface area contributed by atoms with Crippen molar-refractivity contribution in [3.05, 3.63) is 30.0 Å². The average molecular weight is 218 g/mol. The lowest BCUT2D eigenvalue weighted by atomic mass is 10.1. The van der Waals surface area contributed by atoms with Crippen LogP contribution in [0.2, 0.25) is 0 Å². The Labute approximate surface area is 91.5 Å². The summed E-state index contributed by atoms with van der Waals surface area (Å²) in [6, 6.07) is 4.79. The summed E-state index contributed by atoms with van der Waals surface area (Å²) in [7, 11) is 1.54. The fourth-order valence-corrected chi connectivity index (χ4v) is 1.58. The van der Waals surface area contributed by atoms with Gasteiger partial charge in [0, 0.05) is 11.6 Å². The van der Waals surface area contributed by atoms with Gasteiger partial charge in [-0.2, -0.15) is 0 Å². The number of aromatic carboxylic acids is 1. The maximum atomic E-state index is 10.9. The van der Waals surface area contributed by atoms with Gasteiger partial charge in [0.2, 0.25) is 0 Å². The molecule has 16 heavy (non-hydrogen) atoms. The van der Waals surface area contributed by atoms with Gasteiger partial charge in [0.05, 0.1) is 23.9 Å². The van der Waals surface area contributed by atoms with Crippen LogP contribution in [0.5, 0.6) is 5.75 Å². The summed E-state index contributed by atoms with van der Waals surface area (Å²) in [6.45, 7) is 0. The number of aromatic nitrogens is 1. The van der Waals surface area contributed by atoms with Crippen molar-refractivity contribution in [1.29, 1.82) is 0 Å². The van der Waals surface area contributed by atoms with Gasteiger partial charge in [-0.3, -0.25) is 4.98 Å². The molecule has 0 aliphatic carbocycles. The van der Waals surface area contributed by atoms with Crippen LogP contribution in [0.4, 0.5) is 5.69 Å². The lowest BCUT2D eigenvalue weighted by Gasteiger charge is -2.08. The molecule has 1 aromatic heterocycles. The normalized spacial score (nSPS) is 10.3. The van der Waals surface area contributed by atoms with Crippen molar-refractivity contribution in [3.63, 3.8) is 0 Å². The van der Waals surface area contributed by atoms with Crippen molar-refractivity contribution in [1.82, 2.24) is 4.98 Å². The van der Waals surface area contributed by atoms with Crippen molar-refractivity contribution >= 4 is 22.6 Å². The van der Waals surface area contributed by atoms with Crippen molar-refractivity contribution in [2.45, 2.75) is 0 Å². The van der Waals surface area contributed by atoms with Crippen LogP contribution in [0, 0.1) is 0 Å². The molecular weight excluding hydrogens is 208 g/mol. The molecule has 1 heterocycles. The van der Waals surface area contributed by atoms with Crippen molar-refractivity contribution < 1.29 is 14.6 Å². The first-order valence-corrected chi connectivity index (χ1v) is 4.59. The van der Waals surface area contributed by atoms with Gasteiger partial charge in [-0.25, -0.2) is 4.79 Å².